The zero-order chi connectivity index (χ0) is 25.7. The lowest BCUT2D eigenvalue weighted by molar-refractivity contribution is -0.134. The molecule has 1 aliphatic rings. The monoisotopic (exact) mass is 484 g/mol. The summed E-state index contributed by atoms with van der Waals surface area (Å²) in [4.78, 5) is 27.8. The van der Waals surface area contributed by atoms with E-state index < -0.39 is 0 Å². The molecule has 188 valence electrons. The molecule has 0 radical (unpaired) electrons. The van der Waals surface area contributed by atoms with Gasteiger partial charge in [-0.25, -0.2) is 4.79 Å². The Kier molecular flexibility index (Phi) is 7.90. The van der Waals surface area contributed by atoms with Gasteiger partial charge in [0, 0.05) is 19.1 Å². The van der Waals surface area contributed by atoms with E-state index in [0.29, 0.717) is 25.1 Å². The van der Waals surface area contributed by atoms with Crippen LogP contribution < -0.4 is 5.32 Å². The second kappa shape index (κ2) is 11.1. The highest BCUT2D eigenvalue weighted by molar-refractivity contribution is 5.89. The average Bonchev–Trinajstić information content (AvgIpc) is 2.90. The van der Waals surface area contributed by atoms with Gasteiger partial charge in [-0.2, -0.15) is 0 Å². The van der Waals surface area contributed by atoms with E-state index >= 15 is 0 Å². The summed E-state index contributed by atoms with van der Waals surface area (Å²) in [5.41, 5.74) is 5.16. The van der Waals surface area contributed by atoms with E-state index in [1.165, 1.54) is 23.8 Å². The van der Waals surface area contributed by atoms with Gasteiger partial charge >= 0.3 is 5.97 Å². The summed E-state index contributed by atoms with van der Waals surface area (Å²) in [6.07, 6.45) is 1.45. The summed E-state index contributed by atoms with van der Waals surface area (Å²) in [6, 6.07) is 25.8. The largest absolute Gasteiger partial charge is 0.465 e. The Bertz CT molecular complexity index is 1180. The highest BCUT2D eigenvalue weighted by Crippen LogP contribution is 2.38. The molecule has 0 aromatic heterocycles. The van der Waals surface area contributed by atoms with Crippen molar-refractivity contribution >= 4 is 11.9 Å². The highest BCUT2D eigenvalue weighted by Gasteiger charge is 2.37. The molecule has 0 saturated heterocycles. The van der Waals surface area contributed by atoms with Gasteiger partial charge in [0.05, 0.1) is 18.7 Å². The van der Waals surface area contributed by atoms with Crippen molar-refractivity contribution in [3.8, 4) is 0 Å². The fourth-order valence-corrected chi connectivity index (χ4v) is 4.93. The molecular formula is C31H36N2O3. The van der Waals surface area contributed by atoms with E-state index in [9.17, 15) is 9.59 Å². The lowest BCUT2D eigenvalue weighted by Gasteiger charge is -2.41. The standard InChI is InChI=1S/C31H36N2O3/c1-31(2,3)28-26-13-9-8-12-25(26)20-27(32-28)29(34)33(19-18-22-10-6-5-7-11-22)21-23-14-16-24(17-15-23)30(35)36-4/h5-17,27-28,32H,18-21H2,1-4H3/t27?,28-/m1/s1. The van der Waals surface area contributed by atoms with Crippen LogP contribution in [-0.2, 0) is 28.9 Å². The molecule has 1 amide bonds. The molecule has 0 aliphatic carbocycles. The van der Waals surface area contributed by atoms with Crippen molar-refractivity contribution in [3.63, 3.8) is 0 Å². The predicted octanol–water partition coefficient (Wildman–Crippen LogP) is 5.35. The zero-order valence-electron chi connectivity index (χ0n) is 21.7. The molecule has 0 bridgehead atoms. The summed E-state index contributed by atoms with van der Waals surface area (Å²) in [5, 5.41) is 3.69. The molecule has 0 saturated carbocycles. The molecule has 3 aromatic carbocycles. The molecule has 0 spiro atoms. The van der Waals surface area contributed by atoms with Gasteiger partial charge in [0.1, 0.15) is 0 Å². The van der Waals surface area contributed by atoms with Crippen molar-refractivity contribution in [2.24, 2.45) is 5.41 Å². The minimum absolute atomic E-state index is 0.0341. The summed E-state index contributed by atoms with van der Waals surface area (Å²) in [7, 11) is 1.38. The molecule has 3 aromatic rings. The van der Waals surface area contributed by atoms with Gasteiger partial charge in [0.15, 0.2) is 0 Å². The van der Waals surface area contributed by atoms with E-state index in [-0.39, 0.29) is 29.4 Å². The second-order valence-electron chi connectivity index (χ2n) is 10.6. The van der Waals surface area contributed by atoms with Crippen LogP contribution in [-0.4, -0.2) is 36.5 Å². The number of carbonyl (C=O) groups excluding carboxylic acids is 2. The minimum Gasteiger partial charge on any atom is -0.465 e. The van der Waals surface area contributed by atoms with Gasteiger partial charge in [-0.1, -0.05) is 87.5 Å². The Labute approximate surface area is 214 Å². The number of ether oxygens (including phenoxy) is 1. The topological polar surface area (TPSA) is 58.6 Å². The molecule has 1 heterocycles. The first-order valence-electron chi connectivity index (χ1n) is 12.6. The molecule has 36 heavy (non-hydrogen) atoms. The van der Waals surface area contributed by atoms with E-state index in [1.807, 2.05) is 35.2 Å². The number of nitrogens with one attached hydrogen (secondary N) is 1. The summed E-state index contributed by atoms with van der Waals surface area (Å²) in [5.74, 6) is -0.261. The maximum absolute atomic E-state index is 14.0. The van der Waals surface area contributed by atoms with Crippen LogP contribution in [0.4, 0.5) is 0 Å². The SMILES string of the molecule is COC(=O)c1ccc(CN(CCc2ccccc2)C(=O)C2Cc3ccccc3[C@H](C(C)(C)C)N2)cc1. The van der Waals surface area contributed by atoms with Crippen molar-refractivity contribution in [1.82, 2.24) is 10.2 Å². The quantitative estimate of drug-likeness (QED) is 0.460. The Morgan fingerprint density at radius 3 is 2.25 bits per heavy atom. The number of hydrogen-bond acceptors (Lipinski definition) is 4. The summed E-state index contributed by atoms with van der Waals surface area (Å²) < 4.78 is 4.82. The first kappa shape index (κ1) is 25.6. The van der Waals surface area contributed by atoms with Crippen LogP contribution in [0.5, 0.6) is 0 Å². The third-order valence-electron chi connectivity index (χ3n) is 6.90. The Balaban J connectivity index is 1.58. The first-order chi connectivity index (χ1) is 17.3. The van der Waals surface area contributed by atoms with Crippen LogP contribution >= 0.6 is 0 Å². The second-order valence-corrected chi connectivity index (χ2v) is 10.6. The van der Waals surface area contributed by atoms with Crippen molar-refractivity contribution in [2.45, 2.75) is 52.2 Å². The zero-order valence-corrected chi connectivity index (χ0v) is 21.7. The lowest BCUT2D eigenvalue weighted by Crippen LogP contribution is -2.53. The van der Waals surface area contributed by atoms with Crippen LogP contribution in [0.1, 0.15) is 59.4 Å². The number of hydrogen-bond donors (Lipinski definition) is 1. The number of methoxy groups -OCH3 is 1. The number of esters is 1. The van der Waals surface area contributed by atoms with Crippen molar-refractivity contribution in [3.05, 3.63) is 107 Å². The number of carbonyl (C=O) groups is 2. The predicted molar refractivity (Wildman–Crippen MR) is 143 cm³/mol. The maximum Gasteiger partial charge on any atom is 0.337 e. The number of nitrogens with zero attached hydrogens (tertiary/aromatic N) is 1. The molecule has 5 nitrogen and oxygen atoms in total. The third kappa shape index (κ3) is 6.03. The van der Waals surface area contributed by atoms with Gasteiger partial charge in [-0.3, -0.25) is 10.1 Å². The molecule has 1 unspecified atom stereocenters. The molecule has 5 heteroatoms. The van der Waals surface area contributed by atoms with Crippen molar-refractivity contribution < 1.29 is 14.3 Å². The normalized spacial score (nSPS) is 17.2. The number of benzene rings is 3. The molecular weight excluding hydrogens is 448 g/mol. The van der Waals surface area contributed by atoms with Gasteiger partial charge < -0.3 is 9.64 Å². The van der Waals surface area contributed by atoms with Crippen LogP contribution in [0.25, 0.3) is 0 Å². The van der Waals surface area contributed by atoms with Crippen molar-refractivity contribution in [2.75, 3.05) is 13.7 Å². The van der Waals surface area contributed by atoms with Gasteiger partial charge in [-0.15, -0.1) is 0 Å². The number of fused-ring (bicyclic) bond motifs is 1. The minimum atomic E-state index is -0.364. The van der Waals surface area contributed by atoms with Crippen LogP contribution in [0.15, 0.2) is 78.9 Å². The Hall–Kier alpha value is -3.44. The Morgan fingerprint density at radius 1 is 0.917 bits per heavy atom. The average molecular weight is 485 g/mol. The highest BCUT2D eigenvalue weighted by atomic mass is 16.5. The smallest absolute Gasteiger partial charge is 0.337 e. The van der Waals surface area contributed by atoms with Gasteiger partial charge in [-0.05, 0) is 52.6 Å². The van der Waals surface area contributed by atoms with Crippen molar-refractivity contribution in [1.29, 1.82) is 0 Å². The van der Waals surface area contributed by atoms with E-state index in [4.69, 9.17) is 4.74 Å². The Morgan fingerprint density at radius 2 is 1.58 bits per heavy atom. The summed E-state index contributed by atoms with van der Waals surface area (Å²) >= 11 is 0. The summed E-state index contributed by atoms with van der Waals surface area (Å²) in [6.45, 7) is 7.73. The molecule has 1 aliphatic heterocycles. The maximum atomic E-state index is 14.0. The fourth-order valence-electron chi connectivity index (χ4n) is 4.93. The fraction of sp³-hybridized carbons (Fsp3) is 0.355. The number of amides is 1. The molecule has 2 atom stereocenters. The molecule has 0 fully saturated rings. The van der Waals surface area contributed by atoms with Gasteiger partial charge in [0.2, 0.25) is 5.91 Å². The van der Waals surface area contributed by atoms with E-state index in [2.05, 4.69) is 62.5 Å². The number of rotatable bonds is 7. The van der Waals surface area contributed by atoms with Crippen LogP contribution in [0.2, 0.25) is 0 Å². The molecule has 4 rings (SSSR count). The first-order valence-corrected chi connectivity index (χ1v) is 12.6. The van der Waals surface area contributed by atoms with E-state index in [1.54, 1.807) is 12.1 Å². The van der Waals surface area contributed by atoms with Crippen LogP contribution in [0.3, 0.4) is 0 Å². The van der Waals surface area contributed by atoms with E-state index in [0.717, 1.165) is 12.0 Å². The van der Waals surface area contributed by atoms with Gasteiger partial charge in [0.25, 0.3) is 0 Å². The third-order valence-corrected chi connectivity index (χ3v) is 6.90. The van der Waals surface area contributed by atoms with Crippen LogP contribution in [0, 0.1) is 5.41 Å². The molecule has 1 N–H and O–H groups in total. The lowest BCUT2D eigenvalue weighted by atomic mass is 9.76.